The quantitative estimate of drug-likeness (QED) is 0.681. The molecule has 0 fully saturated rings. The summed E-state index contributed by atoms with van der Waals surface area (Å²) in [5, 5.41) is 1.83. The Morgan fingerprint density at radius 2 is 1.39 bits per heavy atom. The molecule has 3 rings (SSSR count). The maximum atomic E-state index is 12.3. The fourth-order valence-electron chi connectivity index (χ4n) is 2.26. The summed E-state index contributed by atoms with van der Waals surface area (Å²) in [6, 6.07) is 17.3. The van der Waals surface area contributed by atoms with Gasteiger partial charge in [-0.1, -0.05) is 29.8 Å². The van der Waals surface area contributed by atoms with Gasteiger partial charge in [-0.2, -0.15) is 8.42 Å². The molecular weight excluding hydrogens is 312 g/mol. The molecule has 0 saturated heterocycles. The molecule has 4 nitrogen and oxygen atoms in total. The number of aryl methyl sites for hydroxylation is 1. The highest BCUT2D eigenvalue weighted by Crippen LogP contribution is 2.27. The van der Waals surface area contributed by atoms with Gasteiger partial charge in [0.25, 0.3) is 0 Å². The van der Waals surface area contributed by atoms with Crippen molar-refractivity contribution in [1.29, 1.82) is 0 Å². The topological polar surface area (TPSA) is 52.6 Å². The van der Waals surface area contributed by atoms with Crippen LogP contribution in [-0.4, -0.2) is 15.5 Å². The summed E-state index contributed by atoms with van der Waals surface area (Å²) in [5.74, 6) is 0.974. The zero-order valence-corrected chi connectivity index (χ0v) is 13.6. The van der Waals surface area contributed by atoms with Crippen LogP contribution in [0, 0.1) is 6.92 Å². The minimum absolute atomic E-state index is 0.133. The molecule has 5 heteroatoms. The molecule has 0 spiro atoms. The van der Waals surface area contributed by atoms with Crippen molar-refractivity contribution in [1.82, 2.24) is 0 Å². The van der Waals surface area contributed by atoms with Gasteiger partial charge in [0, 0.05) is 0 Å². The molecular formula is C18H16O4S. The molecule has 0 aliphatic rings. The van der Waals surface area contributed by atoms with Crippen LogP contribution < -0.4 is 8.92 Å². The molecule has 0 aliphatic carbocycles. The molecule has 0 aromatic heterocycles. The van der Waals surface area contributed by atoms with E-state index in [1.807, 2.05) is 31.2 Å². The van der Waals surface area contributed by atoms with E-state index >= 15 is 0 Å². The number of methoxy groups -OCH3 is 1. The summed E-state index contributed by atoms with van der Waals surface area (Å²) in [6.45, 7) is 1.90. The molecule has 3 aromatic carbocycles. The van der Waals surface area contributed by atoms with E-state index < -0.39 is 10.1 Å². The van der Waals surface area contributed by atoms with Crippen molar-refractivity contribution in [2.75, 3.05) is 7.11 Å². The van der Waals surface area contributed by atoms with Crippen molar-refractivity contribution < 1.29 is 17.3 Å². The molecule has 118 valence electrons. The Morgan fingerprint density at radius 3 is 2.04 bits per heavy atom. The van der Waals surface area contributed by atoms with Crippen LogP contribution in [0.4, 0.5) is 0 Å². The number of ether oxygens (including phenoxy) is 1. The predicted octanol–water partition coefficient (Wildman–Crippen LogP) is 3.92. The number of fused-ring (bicyclic) bond motifs is 1. The van der Waals surface area contributed by atoms with Gasteiger partial charge in [-0.15, -0.1) is 0 Å². The van der Waals surface area contributed by atoms with E-state index in [-0.39, 0.29) is 10.6 Å². The van der Waals surface area contributed by atoms with Gasteiger partial charge < -0.3 is 8.92 Å². The molecule has 3 aromatic rings. The maximum absolute atomic E-state index is 12.3. The second-order valence-corrected chi connectivity index (χ2v) is 6.77. The van der Waals surface area contributed by atoms with Crippen molar-refractivity contribution >= 4 is 20.9 Å². The maximum Gasteiger partial charge on any atom is 0.339 e. The molecule has 0 N–H and O–H groups in total. The SMILES string of the molecule is COc1ccc2ccc(OS(=O)(=O)c3ccc(C)cc3)cc2c1. The standard InChI is InChI=1S/C18H16O4S/c1-13-3-9-18(10-4-13)23(19,20)22-17-8-6-14-5-7-16(21-2)11-15(14)12-17/h3-12H,1-2H3. The van der Waals surface area contributed by atoms with E-state index in [1.165, 1.54) is 12.1 Å². The first-order valence-electron chi connectivity index (χ1n) is 7.07. The van der Waals surface area contributed by atoms with Crippen molar-refractivity contribution in [2.24, 2.45) is 0 Å². The van der Waals surface area contributed by atoms with E-state index in [1.54, 1.807) is 31.4 Å². The molecule has 0 amide bonds. The number of rotatable bonds is 4. The first kappa shape index (κ1) is 15.4. The average Bonchev–Trinajstić information content (AvgIpc) is 2.54. The van der Waals surface area contributed by atoms with E-state index in [0.717, 1.165) is 16.3 Å². The lowest BCUT2D eigenvalue weighted by Crippen LogP contribution is -2.09. The Labute approximate surface area is 135 Å². The normalized spacial score (nSPS) is 11.4. The lowest BCUT2D eigenvalue weighted by Gasteiger charge is -2.09. The third-order valence-corrected chi connectivity index (χ3v) is 4.80. The van der Waals surface area contributed by atoms with Crippen LogP contribution in [0.3, 0.4) is 0 Å². The van der Waals surface area contributed by atoms with E-state index in [0.29, 0.717) is 5.75 Å². The third kappa shape index (κ3) is 3.29. The first-order chi connectivity index (χ1) is 11.0. The fourth-order valence-corrected chi connectivity index (χ4v) is 3.18. The summed E-state index contributed by atoms with van der Waals surface area (Å²) in [6.07, 6.45) is 0. The molecule has 0 radical (unpaired) electrons. The van der Waals surface area contributed by atoms with E-state index in [9.17, 15) is 8.42 Å². The van der Waals surface area contributed by atoms with Gasteiger partial charge in [0.15, 0.2) is 0 Å². The Balaban J connectivity index is 1.95. The summed E-state index contributed by atoms with van der Waals surface area (Å²) >= 11 is 0. The molecule has 0 bridgehead atoms. The van der Waals surface area contributed by atoms with Gasteiger partial charge in [-0.3, -0.25) is 0 Å². The molecule has 0 atom stereocenters. The van der Waals surface area contributed by atoms with Crippen LogP contribution in [0.15, 0.2) is 65.6 Å². The van der Waals surface area contributed by atoms with Crippen LogP contribution in [-0.2, 0) is 10.1 Å². The summed E-state index contributed by atoms with van der Waals surface area (Å²) in [5.41, 5.74) is 0.988. The molecule has 0 heterocycles. The van der Waals surface area contributed by atoms with Gasteiger partial charge in [0.2, 0.25) is 0 Å². The number of hydrogen-bond acceptors (Lipinski definition) is 4. The van der Waals surface area contributed by atoms with Gasteiger partial charge in [-0.05, 0) is 54.1 Å². The summed E-state index contributed by atoms with van der Waals surface area (Å²) < 4.78 is 35.1. The van der Waals surface area contributed by atoms with Crippen LogP contribution >= 0.6 is 0 Å². The van der Waals surface area contributed by atoms with Gasteiger partial charge >= 0.3 is 10.1 Å². The van der Waals surface area contributed by atoms with Crippen molar-refractivity contribution in [3.05, 3.63) is 66.2 Å². The number of hydrogen-bond donors (Lipinski definition) is 0. The Hall–Kier alpha value is -2.53. The van der Waals surface area contributed by atoms with Crippen LogP contribution in [0.25, 0.3) is 10.8 Å². The van der Waals surface area contributed by atoms with Crippen molar-refractivity contribution in [3.63, 3.8) is 0 Å². The highest BCUT2D eigenvalue weighted by molar-refractivity contribution is 7.87. The Bertz CT molecular complexity index is 944. The second-order valence-electron chi connectivity index (χ2n) is 5.23. The Morgan fingerprint density at radius 1 is 0.783 bits per heavy atom. The van der Waals surface area contributed by atoms with Crippen molar-refractivity contribution in [2.45, 2.75) is 11.8 Å². The van der Waals surface area contributed by atoms with Gasteiger partial charge in [-0.25, -0.2) is 0 Å². The average molecular weight is 328 g/mol. The number of benzene rings is 3. The molecule has 0 unspecified atom stereocenters. The molecule has 0 saturated carbocycles. The van der Waals surface area contributed by atoms with Gasteiger partial charge in [0.1, 0.15) is 16.4 Å². The van der Waals surface area contributed by atoms with Crippen LogP contribution in [0.1, 0.15) is 5.56 Å². The zero-order chi connectivity index (χ0) is 16.4. The minimum atomic E-state index is -3.85. The summed E-state index contributed by atoms with van der Waals surface area (Å²) in [7, 11) is -2.26. The lowest BCUT2D eigenvalue weighted by molar-refractivity contribution is 0.415. The fraction of sp³-hybridized carbons (Fsp3) is 0.111. The third-order valence-electron chi connectivity index (χ3n) is 3.53. The van der Waals surface area contributed by atoms with Crippen LogP contribution in [0.5, 0.6) is 11.5 Å². The Kier molecular flexibility index (Phi) is 3.96. The second kappa shape index (κ2) is 5.93. The lowest BCUT2D eigenvalue weighted by atomic mass is 10.1. The smallest absolute Gasteiger partial charge is 0.339 e. The predicted molar refractivity (Wildman–Crippen MR) is 89.5 cm³/mol. The largest absolute Gasteiger partial charge is 0.497 e. The van der Waals surface area contributed by atoms with Crippen molar-refractivity contribution in [3.8, 4) is 11.5 Å². The highest BCUT2D eigenvalue weighted by atomic mass is 32.2. The monoisotopic (exact) mass is 328 g/mol. The minimum Gasteiger partial charge on any atom is -0.497 e. The first-order valence-corrected chi connectivity index (χ1v) is 8.48. The summed E-state index contributed by atoms with van der Waals surface area (Å²) in [4.78, 5) is 0.133. The van der Waals surface area contributed by atoms with Gasteiger partial charge in [0.05, 0.1) is 7.11 Å². The highest BCUT2D eigenvalue weighted by Gasteiger charge is 2.16. The van der Waals surface area contributed by atoms with Crippen LogP contribution in [0.2, 0.25) is 0 Å². The van der Waals surface area contributed by atoms with E-state index in [2.05, 4.69) is 0 Å². The molecule has 23 heavy (non-hydrogen) atoms. The van der Waals surface area contributed by atoms with E-state index in [4.69, 9.17) is 8.92 Å². The zero-order valence-electron chi connectivity index (χ0n) is 12.8. The molecule has 0 aliphatic heterocycles.